The quantitative estimate of drug-likeness (QED) is 0.706. The van der Waals surface area contributed by atoms with Crippen LogP contribution >= 0.6 is 0 Å². The van der Waals surface area contributed by atoms with E-state index in [1.165, 1.54) is 0 Å². The van der Waals surface area contributed by atoms with E-state index in [0.29, 0.717) is 17.7 Å². The molecule has 2 heterocycles. The molecule has 0 fully saturated rings. The van der Waals surface area contributed by atoms with Gasteiger partial charge >= 0.3 is 0 Å². The lowest BCUT2D eigenvalue weighted by atomic mass is 9.65. The summed E-state index contributed by atoms with van der Waals surface area (Å²) < 4.78 is 0. The Morgan fingerprint density at radius 2 is 1.74 bits per heavy atom. The molecule has 0 aliphatic heterocycles. The number of aryl methyl sites for hydroxylation is 2. The molecule has 1 aliphatic carbocycles. The number of carbonyl (C=O) groups excluding carboxylic acids is 2. The molecule has 6 nitrogen and oxygen atoms in total. The Morgan fingerprint density at radius 1 is 1.03 bits per heavy atom. The maximum atomic E-state index is 13.5. The second-order valence-corrected chi connectivity index (χ2v) is 8.62. The third-order valence-corrected chi connectivity index (χ3v) is 6.23. The molecule has 1 atom stereocenters. The monoisotopic (exact) mass is 414 g/mol. The number of nitrogens with one attached hydrogen (secondary N) is 1. The van der Waals surface area contributed by atoms with E-state index in [1.54, 1.807) is 20.2 Å². The van der Waals surface area contributed by atoms with Crippen molar-refractivity contribution >= 4 is 11.7 Å². The number of hydrogen-bond donors (Lipinski definition) is 1. The minimum Gasteiger partial charge on any atom is -0.355 e. The van der Waals surface area contributed by atoms with Crippen LogP contribution in [0.5, 0.6) is 0 Å². The largest absolute Gasteiger partial charge is 0.355 e. The SMILES string of the molecule is CNC(=O)c1cc(C2Cc3cc(-c4cnc(C)nc4)ccc3C(C)(C)C2=O)cnc1C. The van der Waals surface area contributed by atoms with E-state index in [0.717, 1.165) is 33.6 Å². The molecule has 0 bridgehead atoms. The molecule has 4 rings (SSSR count). The summed E-state index contributed by atoms with van der Waals surface area (Å²) in [5.41, 5.74) is 5.41. The summed E-state index contributed by atoms with van der Waals surface area (Å²) in [7, 11) is 1.59. The summed E-state index contributed by atoms with van der Waals surface area (Å²) in [4.78, 5) is 38.8. The number of ketones is 1. The molecule has 1 amide bonds. The minimum absolute atomic E-state index is 0.139. The predicted molar refractivity (Wildman–Crippen MR) is 119 cm³/mol. The van der Waals surface area contributed by atoms with Crippen molar-refractivity contribution in [1.29, 1.82) is 0 Å². The Labute approximate surface area is 182 Å². The van der Waals surface area contributed by atoms with Crippen LogP contribution in [0.25, 0.3) is 11.1 Å². The second kappa shape index (κ2) is 7.69. The Kier molecular flexibility index (Phi) is 5.17. The van der Waals surface area contributed by atoms with E-state index in [2.05, 4.69) is 26.3 Å². The van der Waals surface area contributed by atoms with Crippen LogP contribution < -0.4 is 5.32 Å². The van der Waals surface area contributed by atoms with E-state index in [-0.39, 0.29) is 17.6 Å². The van der Waals surface area contributed by atoms with Crippen LogP contribution in [0.1, 0.15) is 58.3 Å². The molecule has 1 N–H and O–H groups in total. The average molecular weight is 415 g/mol. The molecule has 1 aromatic carbocycles. The van der Waals surface area contributed by atoms with Crippen LogP contribution in [0.4, 0.5) is 0 Å². The summed E-state index contributed by atoms with van der Waals surface area (Å²) in [5, 5.41) is 2.65. The first-order chi connectivity index (χ1) is 14.7. The summed E-state index contributed by atoms with van der Waals surface area (Å²) in [6, 6.07) is 8.01. The van der Waals surface area contributed by atoms with Gasteiger partial charge in [-0.1, -0.05) is 18.2 Å². The third kappa shape index (κ3) is 3.63. The number of carbonyl (C=O) groups is 2. The first kappa shape index (κ1) is 20.8. The number of nitrogens with zero attached hydrogens (tertiary/aromatic N) is 3. The number of amides is 1. The van der Waals surface area contributed by atoms with Crippen LogP contribution in [0, 0.1) is 13.8 Å². The van der Waals surface area contributed by atoms with Gasteiger partial charge in [0.1, 0.15) is 5.82 Å². The van der Waals surface area contributed by atoms with Gasteiger partial charge in [0.15, 0.2) is 5.78 Å². The number of rotatable bonds is 3. The fourth-order valence-electron chi connectivity index (χ4n) is 4.35. The Morgan fingerprint density at radius 3 is 2.42 bits per heavy atom. The Balaban J connectivity index is 1.78. The molecule has 0 saturated heterocycles. The van der Waals surface area contributed by atoms with Crippen LogP contribution in [0.3, 0.4) is 0 Å². The fourth-order valence-corrected chi connectivity index (χ4v) is 4.35. The highest BCUT2D eigenvalue weighted by atomic mass is 16.1. The smallest absolute Gasteiger partial charge is 0.252 e. The molecule has 6 heteroatoms. The number of pyridine rings is 1. The van der Waals surface area contributed by atoms with E-state index in [9.17, 15) is 9.59 Å². The zero-order chi connectivity index (χ0) is 22.3. The minimum atomic E-state index is -0.640. The van der Waals surface area contributed by atoms with Gasteiger partial charge in [-0.15, -0.1) is 0 Å². The van der Waals surface area contributed by atoms with Gasteiger partial charge in [-0.2, -0.15) is 0 Å². The normalized spacial score (nSPS) is 17.2. The molecule has 31 heavy (non-hydrogen) atoms. The highest BCUT2D eigenvalue weighted by Crippen LogP contribution is 2.42. The molecule has 0 spiro atoms. The standard InChI is InChI=1S/C25H26N4O2/c1-14-20(24(31)26-5)10-18(11-27-14)21-9-17-8-16(19-12-28-15(2)29-13-19)6-7-22(17)25(3,4)23(21)30/h6-8,10-13,21H,9H2,1-5H3,(H,26,31). The third-order valence-electron chi connectivity index (χ3n) is 6.23. The lowest BCUT2D eigenvalue weighted by molar-refractivity contribution is -0.125. The first-order valence-electron chi connectivity index (χ1n) is 10.4. The molecule has 3 aromatic rings. The summed E-state index contributed by atoms with van der Waals surface area (Å²) >= 11 is 0. The van der Waals surface area contributed by atoms with Gasteiger partial charge in [-0.25, -0.2) is 9.97 Å². The maximum absolute atomic E-state index is 13.5. The van der Waals surface area contributed by atoms with Gasteiger partial charge in [-0.3, -0.25) is 14.6 Å². The zero-order valence-electron chi connectivity index (χ0n) is 18.5. The van der Waals surface area contributed by atoms with Crippen molar-refractivity contribution in [2.24, 2.45) is 0 Å². The van der Waals surface area contributed by atoms with Gasteiger partial charge < -0.3 is 5.32 Å². The van der Waals surface area contributed by atoms with Crippen molar-refractivity contribution in [3.05, 3.63) is 76.6 Å². The lowest BCUT2D eigenvalue weighted by Crippen LogP contribution is -2.39. The molecular weight excluding hydrogens is 388 g/mol. The van der Waals surface area contributed by atoms with E-state index in [1.807, 2.05) is 51.4 Å². The molecule has 2 aromatic heterocycles. The average Bonchev–Trinajstić information content (AvgIpc) is 2.76. The van der Waals surface area contributed by atoms with Crippen molar-refractivity contribution in [3.8, 4) is 11.1 Å². The van der Waals surface area contributed by atoms with E-state index >= 15 is 0 Å². The molecule has 158 valence electrons. The Bertz CT molecular complexity index is 1180. The number of fused-ring (bicyclic) bond motifs is 1. The number of aromatic nitrogens is 3. The fraction of sp³-hybridized carbons (Fsp3) is 0.320. The summed E-state index contributed by atoms with van der Waals surface area (Å²) in [6.07, 6.45) is 5.93. The van der Waals surface area contributed by atoms with Crippen LogP contribution in [-0.2, 0) is 16.6 Å². The summed E-state index contributed by atoms with van der Waals surface area (Å²) in [6.45, 7) is 7.59. The zero-order valence-corrected chi connectivity index (χ0v) is 18.5. The van der Waals surface area contributed by atoms with Crippen LogP contribution in [0.2, 0.25) is 0 Å². The number of benzene rings is 1. The lowest BCUT2D eigenvalue weighted by Gasteiger charge is -2.36. The van der Waals surface area contributed by atoms with Crippen LogP contribution in [0.15, 0.2) is 42.9 Å². The van der Waals surface area contributed by atoms with Crippen molar-refractivity contribution in [3.63, 3.8) is 0 Å². The van der Waals surface area contributed by atoms with Crippen molar-refractivity contribution in [1.82, 2.24) is 20.3 Å². The van der Waals surface area contributed by atoms with E-state index < -0.39 is 5.41 Å². The molecule has 1 aliphatic rings. The second-order valence-electron chi connectivity index (χ2n) is 8.62. The summed E-state index contributed by atoms with van der Waals surface area (Å²) in [5.74, 6) is 0.312. The van der Waals surface area contributed by atoms with Gasteiger partial charge in [0.2, 0.25) is 0 Å². The topological polar surface area (TPSA) is 84.8 Å². The highest BCUT2D eigenvalue weighted by molar-refractivity contribution is 5.99. The van der Waals surface area contributed by atoms with E-state index in [4.69, 9.17) is 0 Å². The van der Waals surface area contributed by atoms with Crippen LogP contribution in [-0.4, -0.2) is 33.7 Å². The number of hydrogen-bond acceptors (Lipinski definition) is 5. The highest BCUT2D eigenvalue weighted by Gasteiger charge is 2.42. The Hall–Kier alpha value is -3.41. The van der Waals surface area contributed by atoms with Gasteiger partial charge in [0.05, 0.1) is 5.56 Å². The molecular formula is C25H26N4O2. The predicted octanol–water partition coefficient (Wildman–Crippen LogP) is 3.70. The van der Waals surface area contributed by atoms with Crippen molar-refractivity contribution < 1.29 is 9.59 Å². The molecule has 1 unspecified atom stereocenters. The van der Waals surface area contributed by atoms with Gasteiger partial charge in [0.25, 0.3) is 5.91 Å². The molecule has 0 radical (unpaired) electrons. The van der Waals surface area contributed by atoms with Crippen molar-refractivity contribution in [2.45, 2.75) is 45.4 Å². The van der Waals surface area contributed by atoms with Crippen molar-refractivity contribution in [2.75, 3.05) is 7.05 Å². The maximum Gasteiger partial charge on any atom is 0.252 e. The molecule has 0 saturated carbocycles. The van der Waals surface area contributed by atoms with Gasteiger partial charge in [-0.05, 0) is 62.4 Å². The first-order valence-corrected chi connectivity index (χ1v) is 10.4. The van der Waals surface area contributed by atoms with Gasteiger partial charge in [0, 0.05) is 48.2 Å². The number of Topliss-reactive ketones (excluding diaryl/α,β-unsaturated/α-hetero) is 1.